The highest BCUT2D eigenvalue weighted by Gasteiger charge is 2.12. The molecule has 62 valence electrons. The van der Waals surface area contributed by atoms with Crippen molar-refractivity contribution in [3.8, 4) is 0 Å². The van der Waals surface area contributed by atoms with Crippen LogP contribution in [0.5, 0.6) is 0 Å². The summed E-state index contributed by atoms with van der Waals surface area (Å²) in [5.74, 6) is 0. The van der Waals surface area contributed by atoms with Crippen molar-refractivity contribution < 1.29 is 0 Å². The average Bonchev–Trinajstić information content (AvgIpc) is 1.89. The van der Waals surface area contributed by atoms with E-state index < -0.39 is 0 Å². The van der Waals surface area contributed by atoms with Gasteiger partial charge in [0.2, 0.25) is 0 Å². The molecule has 0 bridgehead atoms. The molecule has 0 N–H and O–H groups in total. The Morgan fingerprint density at radius 2 is 1.20 bits per heavy atom. The van der Waals surface area contributed by atoms with E-state index in [0.29, 0.717) is 9.65 Å². The van der Waals surface area contributed by atoms with Crippen molar-refractivity contribution in [2.75, 3.05) is 0 Å². The SMILES string of the molecule is CCCC(Br)C(Br)CCC. The summed E-state index contributed by atoms with van der Waals surface area (Å²) in [6, 6.07) is 0. The molecule has 2 heteroatoms. The number of alkyl halides is 2. The Morgan fingerprint density at radius 3 is 1.40 bits per heavy atom. The van der Waals surface area contributed by atoms with Gasteiger partial charge in [0, 0.05) is 9.65 Å². The third-order valence-corrected chi connectivity index (χ3v) is 4.42. The fourth-order valence-electron chi connectivity index (χ4n) is 0.913. The van der Waals surface area contributed by atoms with Gasteiger partial charge in [0.15, 0.2) is 0 Å². The van der Waals surface area contributed by atoms with Crippen LogP contribution < -0.4 is 0 Å². The molecule has 0 aromatic carbocycles. The highest BCUT2D eigenvalue weighted by atomic mass is 79.9. The Labute approximate surface area is 81.0 Å². The molecule has 0 aliphatic heterocycles. The Morgan fingerprint density at radius 1 is 0.900 bits per heavy atom. The molecular weight excluding hydrogens is 256 g/mol. The molecule has 0 saturated heterocycles. The van der Waals surface area contributed by atoms with Gasteiger partial charge < -0.3 is 0 Å². The van der Waals surface area contributed by atoms with Crippen LogP contribution in [0.15, 0.2) is 0 Å². The minimum Gasteiger partial charge on any atom is -0.0879 e. The van der Waals surface area contributed by atoms with Gasteiger partial charge in [-0.1, -0.05) is 58.5 Å². The van der Waals surface area contributed by atoms with Gasteiger partial charge in [0.1, 0.15) is 0 Å². The number of hydrogen-bond acceptors (Lipinski definition) is 0. The molecular formula is C8H16Br2. The highest BCUT2D eigenvalue weighted by molar-refractivity contribution is 9.12. The number of rotatable bonds is 5. The summed E-state index contributed by atoms with van der Waals surface area (Å²) in [6.45, 7) is 4.44. The molecule has 0 aliphatic carbocycles. The van der Waals surface area contributed by atoms with Crippen LogP contribution in [0, 0.1) is 0 Å². The molecule has 0 heterocycles. The summed E-state index contributed by atoms with van der Waals surface area (Å²) in [4.78, 5) is 1.33. The third-order valence-electron chi connectivity index (χ3n) is 1.52. The van der Waals surface area contributed by atoms with E-state index in [0.717, 1.165) is 0 Å². The first-order chi connectivity index (χ1) is 4.72. The molecule has 0 fully saturated rings. The summed E-state index contributed by atoms with van der Waals surface area (Å²) >= 11 is 7.32. The fourth-order valence-corrected chi connectivity index (χ4v) is 2.36. The largest absolute Gasteiger partial charge is 0.0879 e. The molecule has 0 radical (unpaired) electrons. The minimum absolute atomic E-state index is 0.664. The zero-order valence-electron chi connectivity index (χ0n) is 6.74. The van der Waals surface area contributed by atoms with Crippen LogP contribution in [-0.2, 0) is 0 Å². The topological polar surface area (TPSA) is 0 Å². The highest BCUT2D eigenvalue weighted by Crippen LogP contribution is 2.22. The van der Waals surface area contributed by atoms with Crippen LogP contribution in [-0.4, -0.2) is 9.65 Å². The van der Waals surface area contributed by atoms with E-state index in [9.17, 15) is 0 Å². The quantitative estimate of drug-likeness (QED) is 0.660. The fraction of sp³-hybridized carbons (Fsp3) is 1.00. The van der Waals surface area contributed by atoms with Crippen molar-refractivity contribution in [1.29, 1.82) is 0 Å². The standard InChI is InChI=1S/C8H16Br2/c1-3-5-7(9)8(10)6-4-2/h7-8H,3-6H2,1-2H3. The van der Waals surface area contributed by atoms with Gasteiger partial charge >= 0.3 is 0 Å². The maximum Gasteiger partial charge on any atom is 0.0271 e. The van der Waals surface area contributed by atoms with Crippen LogP contribution >= 0.6 is 31.9 Å². The first-order valence-corrected chi connectivity index (χ1v) is 5.83. The van der Waals surface area contributed by atoms with E-state index in [1.165, 1.54) is 25.7 Å². The second-order valence-corrected chi connectivity index (χ2v) is 4.96. The molecule has 0 spiro atoms. The molecule has 2 atom stereocenters. The Bertz CT molecular complexity index is 63.7. The number of hydrogen-bond donors (Lipinski definition) is 0. The minimum atomic E-state index is 0.664. The molecule has 2 unspecified atom stereocenters. The van der Waals surface area contributed by atoms with Crippen LogP contribution in [0.3, 0.4) is 0 Å². The normalized spacial score (nSPS) is 16.8. The molecule has 0 saturated carbocycles. The third kappa shape index (κ3) is 4.73. The van der Waals surface area contributed by atoms with E-state index >= 15 is 0 Å². The van der Waals surface area contributed by atoms with Crippen LogP contribution in [0.4, 0.5) is 0 Å². The van der Waals surface area contributed by atoms with Crippen LogP contribution in [0.2, 0.25) is 0 Å². The summed E-state index contributed by atoms with van der Waals surface area (Å²) in [5, 5.41) is 0. The van der Waals surface area contributed by atoms with Crippen LogP contribution in [0.25, 0.3) is 0 Å². The van der Waals surface area contributed by atoms with Gasteiger partial charge in [0.25, 0.3) is 0 Å². The summed E-state index contributed by atoms with van der Waals surface area (Å²) in [5.41, 5.74) is 0. The van der Waals surface area contributed by atoms with Crippen molar-refractivity contribution in [2.45, 2.75) is 49.2 Å². The molecule has 0 aromatic heterocycles. The predicted octanol–water partition coefficient (Wildman–Crippen LogP) is 4.11. The first kappa shape index (κ1) is 11.0. The maximum atomic E-state index is 3.66. The van der Waals surface area contributed by atoms with E-state index in [1.54, 1.807) is 0 Å². The lowest BCUT2D eigenvalue weighted by Gasteiger charge is -2.14. The Kier molecular flexibility index (Phi) is 7.30. The van der Waals surface area contributed by atoms with Crippen molar-refractivity contribution in [3.05, 3.63) is 0 Å². The van der Waals surface area contributed by atoms with Gasteiger partial charge in [-0.25, -0.2) is 0 Å². The van der Waals surface area contributed by atoms with E-state index in [2.05, 4.69) is 45.7 Å². The Hall–Kier alpha value is 0.960. The van der Waals surface area contributed by atoms with Gasteiger partial charge in [-0.15, -0.1) is 0 Å². The summed E-state index contributed by atoms with van der Waals surface area (Å²) < 4.78 is 0. The van der Waals surface area contributed by atoms with Gasteiger partial charge in [-0.05, 0) is 12.8 Å². The molecule has 0 rings (SSSR count). The second kappa shape index (κ2) is 6.66. The zero-order chi connectivity index (χ0) is 7.98. The Balaban J connectivity index is 3.38. The monoisotopic (exact) mass is 270 g/mol. The van der Waals surface area contributed by atoms with Crippen LogP contribution in [0.1, 0.15) is 39.5 Å². The smallest absolute Gasteiger partial charge is 0.0271 e. The van der Waals surface area contributed by atoms with E-state index in [-0.39, 0.29) is 0 Å². The second-order valence-electron chi connectivity index (χ2n) is 2.61. The lowest BCUT2D eigenvalue weighted by molar-refractivity contribution is 0.668. The molecule has 0 aliphatic rings. The molecule has 10 heavy (non-hydrogen) atoms. The summed E-state index contributed by atoms with van der Waals surface area (Å²) in [7, 11) is 0. The predicted molar refractivity (Wildman–Crippen MR) is 55.2 cm³/mol. The van der Waals surface area contributed by atoms with Crippen molar-refractivity contribution in [2.24, 2.45) is 0 Å². The lowest BCUT2D eigenvalue weighted by atomic mass is 10.1. The van der Waals surface area contributed by atoms with E-state index in [4.69, 9.17) is 0 Å². The van der Waals surface area contributed by atoms with Crippen molar-refractivity contribution >= 4 is 31.9 Å². The lowest BCUT2D eigenvalue weighted by Crippen LogP contribution is -2.12. The van der Waals surface area contributed by atoms with Gasteiger partial charge in [-0.2, -0.15) is 0 Å². The van der Waals surface area contributed by atoms with E-state index in [1.807, 2.05) is 0 Å². The number of halogens is 2. The van der Waals surface area contributed by atoms with Crippen molar-refractivity contribution in [3.63, 3.8) is 0 Å². The molecule has 0 amide bonds. The zero-order valence-corrected chi connectivity index (χ0v) is 9.91. The molecule has 0 aromatic rings. The molecule has 0 nitrogen and oxygen atoms in total. The average molecular weight is 272 g/mol. The first-order valence-electron chi connectivity index (χ1n) is 4.00. The van der Waals surface area contributed by atoms with Crippen molar-refractivity contribution in [1.82, 2.24) is 0 Å². The maximum absolute atomic E-state index is 3.66. The van der Waals surface area contributed by atoms with Gasteiger partial charge in [0.05, 0.1) is 0 Å². The summed E-state index contributed by atoms with van der Waals surface area (Å²) in [6.07, 6.45) is 5.08. The van der Waals surface area contributed by atoms with Gasteiger partial charge in [-0.3, -0.25) is 0 Å².